The van der Waals surface area contributed by atoms with Gasteiger partial charge in [-0.3, -0.25) is 38.4 Å². The van der Waals surface area contributed by atoms with Crippen LogP contribution in [0.15, 0.2) is 0 Å². The minimum Gasteiger partial charge on any atom is -0.481 e. The largest absolute Gasteiger partial charge is 0.481 e. The highest BCUT2D eigenvalue weighted by Gasteiger charge is 2.37. The smallest absolute Gasteiger partial charge is 0.329 e. The van der Waals surface area contributed by atoms with Crippen LogP contribution in [0.1, 0.15) is 199 Å². The van der Waals surface area contributed by atoms with Gasteiger partial charge >= 0.3 is 17.9 Å². The first-order valence-electron chi connectivity index (χ1n) is 27.4. The molecule has 0 bridgehead atoms. The van der Waals surface area contributed by atoms with Crippen LogP contribution in [0.4, 0.5) is 0 Å². The van der Waals surface area contributed by atoms with Gasteiger partial charge in [0, 0.05) is 19.0 Å². The molecule has 1 aliphatic heterocycles. The van der Waals surface area contributed by atoms with Crippen molar-refractivity contribution in [3.05, 3.63) is 0 Å². The molecular weight excluding hydrogens is 939 g/mol. The molecule has 9 atom stereocenters. The zero-order valence-corrected chi connectivity index (χ0v) is 46.5. The summed E-state index contributed by atoms with van der Waals surface area (Å²) in [4.78, 5) is 123. The standard InChI is InChI=1S/C54H97N7O12/c1-13-37(12)48-54(72)73-39(22-20-18-16-14-15-17-19-21-32(2)3)29-45(62)57-40(23-24-46(63)64)49(67)58-42(27-35(8)9)51(69)56-38(25-33(4)5)31-55-41(26-34(6)7)50(68)60-44(30-47(65)66)52(70)59-43(28-36(10)11)53(71)61-48/h32-44,48,55H,13-31H2,1-12H3,(H,56,69)(H,57,62)(H,58,67)(H,59,70)(H,60,68)(H,61,71)(H,63,64)(H,65,66)/t37-,38+,39?,40-,41-,42-,43+,44-,48-/m0/s1. The van der Waals surface area contributed by atoms with E-state index >= 15 is 0 Å². The lowest BCUT2D eigenvalue weighted by Gasteiger charge is -2.30. The molecule has 0 aromatic carbocycles. The van der Waals surface area contributed by atoms with Crippen molar-refractivity contribution in [2.45, 2.75) is 247 Å². The number of ether oxygens (including phenoxy) is 1. The van der Waals surface area contributed by atoms with Crippen molar-refractivity contribution in [2.24, 2.45) is 35.5 Å². The van der Waals surface area contributed by atoms with Gasteiger partial charge in [-0.05, 0) is 80.5 Å². The summed E-state index contributed by atoms with van der Waals surface area (Å²) < 4.78 is 6.09. The molecule has 0 radical (unpaired) electrons. The summed E-state index contributed by atoms with van der Waals surface area (Å²) in [5.74, 6) is -7.85. The van der Waals surface area contributed by atoms with Gasteiger partial charge in [-0.15, -0.1) is 0 Å². The van der Waals surface area contributed by atoms with E-state index in [2.05, 4.69) is 51.1 Å². The fourth-order valence-corrected chi connectivity index (χ4v) is 8.88. The molecule has 0 spiro atoms. The van der Waals surface area contributed by atoms with E-state index in [4.69, 9.17) is 4.74 Å². The number of unbranched alkanes of at least 4 members (excludes halogenated alkanes) is 6. The number of esters is 1. The first kappa shape index (κ1) is 66.2. The second-order valence-corrected chi connectivity index (χ2v) is 22.6. The van der Waals surface area contributed by atoms with Crippen molar-refractivity contribution in [3.63, 3.8) is 0 Å². The van der Waals surface area contributed by atoms with Crippen molar-refractivity contribution >= 4 is 53.4 Å². The highest BCUT2D eigenvalue weighted by Crippen LogP contribution is 2.20. The van der Waals surface area contributed by atoms with Crippen LogP contribution in [0.5, 0.6) is 0 Å². The number of carboxylic acids is 2. The van der Waals surface area contributed by atoms with E-state index < -0.39 is 121 Å². The Morgan fingerprint density at radius 2 is 0.986 bits per heavy atom. The third-order valence-electron chi connectivity index (χ3n) is 13.0. The van der Waals surface area contributed by atoms with Gasteiger partial charge in [0.15, 0.2) is 0 Å². The van der Waals surface area contributed by atoms with E-state index in [1.165, 1.54) is 12.8 Å². The number of cyclic esters (lactones) is 1. The van der Waals surface area contributed by atoms with Crippen LogP contribution in [-0.2, 0) is 47.9 Å². The molecule has 1 rings (SSSR count). The summed E-state index contributed by atoms with van der Waals surface area (Å²) in [6, 6.07) is -8.13. The van der Waals surface area contributed by atoms with Crippen molar-refractivity contribution in [2.75, 3.05) is 6.54 Å². The molecule has 1 fully saturated rings. The van der Waals surface area contributed by atoms with Crippen LogP contribution in [0.25, 0.3) is 0 Å². The summed E-state index contributed by atoms with van der Waals surface area (Å²) >= 11 is 0. The highest BCUT2D eigenvalue weighted by atomic mass is 16.5. The number of carboxylic acid groups (broad SMARTS) is 2. The summed E-state index contributed by atoms with van der Waals surface area (Å²) in [7, 11) is 0. The quantitative estimate of drug-likeness (QED) is 0.0381. The zero-order valence-electron chi connectivity index (χ0n) is 46.5. The zero-order chi connectivity index (χ0) is 55.4. The fourth-order valence-electron chi connectivity index (χ4n) is 8.88. The van der Waals surface area contributed by atoms with Crippen LogP contribution in [0.2, 0.25) is 0 Å². The number of nitrogens with one attached hydrogen (secondary N) is 7. The monoisotopic (exact) mass is 1040 g/mol. The number of hydrogen-bond donors (Lipinski definition) is 9. The Morgan fingerprint density at radius 3 is 1.49 bits per heavy atom. The third kappa shape index (κ3) is 29.0. The highest BCUT2D eigenvalue weighted by molar-refractivity contribution is 5.96. The number of carbonyl (C=O) groups excluding carboxylic acids is 7. The molecule has 1 aliphatic rings. The molecule has 0 aromatic rings. The van der Waals surface area contributed by atoms with Crippen LogP contribution in [0.3, 0.4) is 0 Å². The Labute approximate surface area is 436 Å². The van der Waals surface area contributed by atoms with Crippen molar-refractivity contribution in [1.82, 2.24) is 37.2 Å². The minimum atomic E-state index is -1.60. The van der Waals surface area contributed by atoms with Crippen molar-refractivity contribution in [1.29, 1.82) is 0 Å². The molecule has 0 aromatic heterocycles. The van der Waals surface area contributed by atoms with E-state index in [0.29, 0.717) is 25.2 Å². The van der Waals surface area contributed by atoms with E-state index in [1.54, 1.807) is 6.92 Å². The molecule has 19 nitrogen and oxygen atoms in total. The SMILES string of the molecule is CC[C@H](C)[C@@H]1NC(=O)[C@@H](CC(C)C)NC(=O)[C@H](CC(=O)O)NC(=O)[C@H](CC(C)C)NC[C@@H](CC(C)C)NC(=O)[C@H](CC(C)C)NC(=O)[C@H](CCC(=O)O)NC(=O)CC(CCCCCCCCCC(C)C)OC1=O. The molecule has 0 aliphatic carbocycles. The topological polar surface area (TPSA) is 288 Å². The predicted molar refractivity (Wildman–Crippen MR) is 281 cm³/mol. The third-order valence-corrected chi connectivity index (χ3v) is 13.0. The van der Waals surface area contributed by atoms with E-state index in [0.717, 1.165) is 32.1 Å². The maximum Gasteiger partial charge on any atom is 0.329 e. The van der Waals surface area contributed by atoms with E-state index in [9.17, 15) is 53.4 Å². The predicted octanol–water partition coefficient (Wildman–Crippen LogP) is 5.91. The molecule has 0 saturated carbocycles. The van der Waals surface area contributed by atoms with Crippen LogP contribution in [0, 0.1) is 35.5 Å². The number of carbonyl (C=O) groups is 9. The lowest BCUT2D eigenvalue weighted by molar-refractivity contribution is -0.156. The van der Waals surface area contributed by atoms with E-state index in [1.807, 2.05) is 62.3 Å². The van der Waals surface area contributed by atoms with Crippen LogP contribution < -0.4 is 37.2 Å². The molecule has 19 heteroatoms. The summed E-state index contributed by atoms with van der Waals surface area (Å²) in [6.45, 7) is 23.1. The maximum absolute atomic E-state index is 14.3. The van der Waals surface area contributed by atoms with E-state index in [-0.39, 0.29) is 68.7 Å². The molecule has 1 heterocycles. The molecule has 73 heavy (non-hydrogen) atoms. The molecule has 9 N–H and O–H groups in total. The summed E-state index contributed by atoms with van der Waals surface area (Å²) in [5.41, 5.74) is 0. The maximum atomic E-state index is 14.3. The van der Waals surface area contributed by atoms with Gasteiger partial charge in [0.1, 0.15) is 36.3 Å². The van der Waals surface area contributed by atoms with Gasteiger partial charge in [0.05, 0.1) is 18.9 Å². The fraction of sp³-hybridized carbons (Fsp3) is 0.833. The molecule has 420 valence electrons. The Morgan fingerprint density at radius 1 is 0.521 bits per heavy atom. The van der Waals surface area contributed by atoms with Gasteiger partial charge < -0.3 is 52.2 Å². The van der Waals surface area contributed by atoms with Crippen molar-refractivity contribution in [3.8, 4) is 0 Å². The lowest BCUT2D eigenvalue weighted by atomic mass is 9.97. The van der Waals surface area contributed by atoms with Gasteiger partial charge in [-0.25, -0.2) is 4.79 Å². The molecule has 1 saturated heterocycles. The van der Waals surface area contributed by atoms with Gasteiger partial charge in [0.25, 0.3) is 0 Å². The Hall–Kier alpha value is -4.81. The normalized spacial score (nSPS) is 24.5. The second-order valence-electron chi connectivity index (χ2n) is 22.6. The second kappa shape index (κ2) is 35.4. The molecular formula is C54H97N7O12. The Kier molecular flexibility index (Phi) is 32.1. The summed E-state index contributed by atoms with van der Waals surface area (Å²) in [5, 5.41) is 39.3. The van der Waals surface area contributed by atoms with Gasteiger partial charge in [-0.1, -0.05) is 134 Å². The Bertz CT molecular complexity index is 1740. The van der Waals surface area contributed by atoms with Crippen molar-refractivity contribution < 1.29 is 58.1 Å². The first-order valence-corrected chi connectivity index (χ1v) is 27.4. The molecule has 6 amide bonds. The van der Waals surface area contributed by atoms with Gasteiger partial charge in [0.2, 0.25) is 35.4 Å². The summed E-state index contributed by atoms with van der Waals surface area (Å²) in [6.07, 6.45) is 6.57. The first-order chi connectivity index (χ1) is 34.2. The van der Waals surface area contributed by atoms with Gasteiger partial charge in [-0.2, -0.15) is 0 Å². The average Bonchev–Trinajstić information content (AvgIpc) is 3.27. The average molecular weight is 1040 g/mol. The minimum absolute atomic E-state index is 0.0527. The Balaban J connectivity index is 3.93. The number of aliphatic carboxylic acids is 2. The number of amides is 6. The number of rotatable bonds is 25. The van der Waals surface area contributed by atoms with Crippen LogP contribution in [-0.4, -0.2) is 119 Å². The molecule has 1 unspecified atom stereocenters. The van der Waals surface area contributed by atoms with Crippen LogP contribution >= 0.6 is 0 Å². The lowest BCUT2D eigenvalue weighted by Crippen LogP contribution is -2.59. The number of hydrogen-bond acceptors (Lipinski definition) is 11.